The van der Waals surface area contributed by atoms with Crippen molar-refractivity contribution in [3.05, 3.63) is 24.3 Å². The minimum absolute atomic E-state index is 0.0849. The lowest BCUT2D eigenvalue weighted by atomic mass is 9.99. The van der Waals surface area contributed by atoms with Gasteiger partial charge in [0.1, 0.15) is 19.3 Å². The van der Waals surface area contributed by atoms with Gasteiger partial charge in [0.05, 0.1) is 26.4 Å². The van der Waals surface area contributed by atoms with Gasteiger partial charge in [0, 0.05) is 25.7 Å². The highest BCUT2D eigenvalue weighted by Crippen LogP contribution is 2.45. The van der Waals surface area contributed by atoms with E-state index in [0.29, 0.717) is 25.7 Å². The van der Waals surface area contributed by atoms with Crippen LogP contribution >= 0.6 is 15.6 Å². The number of phosphoric ester groups is 2. The molecule has 0 aliphatic carbocycles. The van der Waals surface area contributed by atoms with Gasteiger partial charge in [-0.1, -0.05) is 264 Å². The van der Waals surface area contributed by atoms with Crippen LogP contribution in [-0.2, 0) is 65.4 Å². The molecule has 0 saturated carbocycles. The Kier molecular flexibility index (Phi) is 58.4. The summed E-state index contributed by atoms with van der Waals surface area (Å²) in [5.41, 5.74) is 0. The molecule has 17 nitrogen and oxygen atoms in total. The zero-order valence-corrected chi connectivity index (χ0v) is 56.7. The van der Waals surface area contributed by atoms with Crippen molar-refractivity contribution in [2.75, 3.05) is 39.6 Å². The molecule has 0 bridgehead atoms. The Morgan fingerprint density at radius 2 is 0.651 bits per heavy atom. The number of ether oxygens (including phenoxy) is 4. The number of unbranched alkanes of at least 4 members (excludes halogenated alkanes) is 33. The van der Waals surface area contributed by atoms with E-state index in [1.54, 1.807) is 0 Å². The molecule has 0 aromatic heterocycles. The third-order valence-electron chi connectivity index (χ3n) is 15.3. The number of rotatable bonds is 65. The van der Waals surface area contributed by atoms with Crippen molar-refractivity contribution in [3.63, 3.8) is 0 Å². The summed E-state index contributed by atoms with van der Waals surface area (Å²) in [6.07, 6.45) is 48.2. The van der Waals surface area contributed by atoms with E-state index >= 15 is 0 Å². The number of carbonyl (C=O) groups is 4. The zero-order valence-electron chi connectivity index (χ0n) is 54.9. The van der Waals surface area contributed by atoms with E-state index in [1.807, 2.05) is 0 Å². The van der Waals surface area contributed by atoms with Crippen LogP contribution in [0.1, 0.15) is 317 Å². The smallest absolute Gasteiger partial charge is 0.462 e. The van der Waals surface area contributed by atoms with Crippen molar-refractivity contribution in [2.45, 2.75) is 335 Å². The molecule has 86 heavy (non-hydrogen) atoms. The second-order valence-electron chi connectivity index (χ2n) is 23.8. The Bertz CT molecular complexity index is 1760. The van der Waals surface area contributed by atoms with Gasteiger partial charge in [-0.25, -0.2) is 9.13 Å². The summed E-state index contributed by atoms with van der Waals surface area (Å²) < 4.78 is 67.9. The van der Waals surface area contributed by atoms with Crippen molar-refractivity contribution < 1.29 is 80.2 Å². The number of phosphoric acid groups is 2. The molecule has 506 valence electrons. The Labute approximate surface area is 522 Å². The third-order valence-corrected chi connectivity index (χ3v) is 17.2. The molecule has 0 radical (unpaired) electrons. The number of hydrogen-bond donors (Lipinski definition) is 3. The van der Waals surface area contributed by atoms with Crippen LogP contribution in [0, 0.1) is 5.92 Å². The van der Waals surface area contributed by atoms with Gasteiger partial charge in [-0.2, -0.15) is 0 Å². The predicted octanol–water partition coefficient (Wildman–Crippen LogP) is 18.5. The number of hydrogen-bond acceptors (Lipinski definition) is 15. The van der Waals surface area contributed by atoms with Crippen LogP contribution in [-0.4, -0.2) is 96.7 Å². The number of carbonyl (C=O) groups excluding carboxylic acids is 4. The molecular formula is C67H126O17P2. The lowest BCUT2D eigenvalue weighted by Crippen LogP contribution is -2.30. The highest BCUT2D eigenvalue weighted by atomic mass is 31.2. The molecule has 0 aliphatic rings. The minimum Gasteiger partial charge on any atom is -0.462 e. The van der Waals surface area contributed by atoms with Crippen LogP contribution in [0.25, 0.3) is 0 Å². The molecular weight excluding hydrogens is 1140 g/mol. The molecule has 0 aliphatic heterocycles. The summed E-state index contributed by atoms with van der Waals surface area (Å²) in [6.45, 7) is 7.09. The maximum atomic E-state index is 13.0. The zero-order chi connectivity index (χ0) is 63.5. The second-order valence-corrected chi connectivity index (χ2v) is 26.7. The summed E-state index contributed by atoms with van der Waals surface area (Å²) in [6, 6.07) is 0. The van der Waals surface area contributed by atoms with Crippen LogP contribution in [0.2, 0.25) is 0 Å². The van der Waals surface area contributed by atoms with Gasteiger partial charge in [-0.3, -0.25) is 37.3 Å². The third kappa shape index (κ3) is 59.2. The van der Waals surface area contributed by atoms with Crippen molar-refractivity contribution in [2.24, 2.45) is 5.92 Å². The summed E-state index contributed by atoms with van der Waals surface area (Å²) in [4.78, 5) is 72.1. The fraction of sp³-hybridized carbons (Fsp3) is 0.881. The molecule has 6 atom stereocenters. The Morgan fingerprint density at radius 1 is 0.372 bits per heavy atom. The minimum atomic E-state index is -4.95. The van der Waals surface area contributed by atoms with Gasteiger partial charge >= 0.3 is 39.5 Å². The first-order valence-electron chi connectivity index (χ1n) is 34.5. The molecule has 0 rings (SSSR count). The fourth-order valence-electron chi connectivity index (χ4n) is 9.54. The first-order chi connectivity index (χ1) is 41.6. The molecule has 0 heterocycles. The molecule has 3 unspecified atom stereocenters. The van der Waals surface area contributed by atoms with E-state index in [-0.39, 0.29) is 25.7 Å². The van der Waals surface area contributed by atoms with E-state index in [4.69, 9.17) is 37.0 Å². The predicted molar refractivity (Wildman–Crippen MR) is 344 cm³/mol. The van der Waals surface area contributed by atoms with Gasteiger partial charge in [0.15, 0.2) is 12.2 Å². The van der Waals surface area contributed by atoms with E-state index in [1.165, 1.54) is 122 Å². The molecule has 3 N–H and O–H groups in total. The van der Waals surface area contributed by atoms with Crippen molar-refractivity contribution >= 4 is 39.5 Å². The number of allylic oxidation sites excluding steroid dienone is 4. The first kappa shape index (κ1) is 83.5. The SMILES string of the molecule is CCCCCC/C=C\C=C/CCCCCCCC(=O)O[C@H](COC(=O)CCCCCCCCCCCCC(C)CC)COP(=O)(O)OC[C@@H](O)COP(=O)(O)OC[C@@H](COC(=O)CCCCCCC)OC(=O)CCCCCCCCCCCCCC. The normalized spacial score (nSPS) is 14.7. The largest absolute Gasteiger partial charge is 0.472 e. The van der Waals surface area contributed by atoms with Crippen LogP contribution < -0.4 is 0 Å². The van der Waals surface area contributed by atoms with E-state index in [2.05, 4.69) is 58.9 Å². The lowest BCUT2D eigenvalue weighted by Gasteiger charge is -2.21. The molecule has 0 amide bonds. The van der Waals surface area contributed by atoms with Crippen LogP contribution in [0.5, 0.6) is 0 Å². The number of esters is 4. The van der Waals surface area contributed by atoms with Gasteiger partial charge in [-0.05, 0) is 57.3 Å². The highest BCUT2D eigenvalue weighted by molar-refractivity contribution is 7.47. The number of aliphatic hydroxyl groups excluding tert-OH is 1. The molecule has 0 spiro atoms. The average molecular weight is 1270 g/mol. The Balaban J connectivity index is 5.22. The summed E-state index contributed by atoms with van der Waals surface area (Å²) in [7, 11) is -9.90. The second kappa shape index (κ2) is 60.1. The maximum Gasteiger partial charge on any atom is 0.472 e. The van der Waals surface area contributed by atoms with E-state index in [9.17, 15) is 43.2 Å². The molecule has 0 fully saturated rings. The Hall–Kier alpha value is -2.46. The molecule has 0 aromatic carbocycles. The summed E-state index contributed by atoms with van der Waals surface area (Å²) in [5, 5.41) is 10.5. The average Bonchev–Trinajstić information content (AvgIpc) is 3.62. The molecule has 19 heteroatoms. The summed E-state index contributed by atoms with van der Waals surface area (Å²) >= 11 is 0. The first-order valence-corrected chi connectivity index (χ1v) is 37.5. The maximum absolute atomic E-state index is 13.0. The number of aliphatic hydroxyl groups is 1. The summed E-state index contributed by atoms with van der Waals surface area (Å²) in [5.74, 6) is -1.36. The lowest BCUT2D eigenvalue weighted by molar-refractivity contribution is -0.161. The van der Waals surface area contributed by atoms with Crippen molar-refractivity contribution in [1.82, 2.24) is 0 Å². The molecule has 0 saturated heterocycles. The topological polar surface area (TPSA) is 237 Å². The van der Waals surface area contributed by atoms with E-state index in [0.717, 1.165) is 115 Å². The van der Waals surface area contributed by atoms with Crippen LogP contribution in [0.15, 0.2) is 24.3 Å². The van der Waals surface area contributed by atoms with Crippen LogP contribution in [0.3, 0.4) is 0 Å². The molecule has 0 aromatic rings. The van der Waals surface area contributed by atoms with Gasteiger partial charge in [0.25, 0.3) is 0 Å². The fourth-order valence-corrected chi connectivity index (χ4v) is 11.1. The van der Waals surface area contributed by atoms with Gasteiger partial charge in [-0.15, -0.1) is 0 Å². The Morgan fingerprint density at radius 3 is 0.988 bits per heavy atom. The quantitative estimate of drug-likeness (QED) is 0.0169. The monoisotopic (exact) mass is 1260 g/mol. The van der Waals surface area contributed by atoms with Gasteiger partial charge < -0.3 is 33.8 Å². The van der Waals surface area contributed by atoms with Gasteiger partial charge in [0.2, 0.25) is 0 Å². The van der Waals surface area contributed by atoms with Crippen molar-refractivity contribution in [1.29, 1.82) is 0 Å². The van der Waals surface area contributed by atoms with Crippen molar-refractivity contribution in [3.8, 4) is 0 Å². The highest BCUT2D eigenvalue weighted by Gasteiger charge is 2.30. The standard InChI is InChI=1S/C67H126O17P2/c1-6-10-13-16-18-20-22-24-25-26-28-34-38-43-48-53-67(72)84-63(57-78-65(70)51-46-41-36-32-30-29-31-35-40-44-49-60(5)9-4)59-82-86(75,76)80-55-61(68)54-79-85(73,74)81-58-62(56-77-64(69)50-45-39-15-12-8-3)83-66(71)52-47-42-37-33-27-23-21-19-17-14-11-7-2/h20,22,24-25,60-63,68H,6-19,21,23,26-59H2,1-5H3,(H,73,74)(H,75,76)/b22-20-,25-24-/t60?,61-,62+,63+/m0/s1. The van der Waals surface area contributed by atoms with E-state index < -0.39 is 97.5 Å². The van der Waals surface area contributed by atoms with Crippen LogP contribution in [0.4, 0.5) is 0 Å².